The summed E-state index contributed by atoms with van der Waals surface area (Å²) in [6.07, 6.45) is -11.1. The molecule has 0 saturated heterocycles. The first-order chi connectivity index (χ1) is 8.17. The maximum atomic E-state index is 12.5. The van der Waals surface area contributed by atoms with Crippen molar-refractivity contribution in [2.75, 3.05) is 0 Å². The van der Waals surface area contributed by atoms with E-state index in [1.54, 1.807) is 0 Å². The second kappa shape index (κ2) is 4.91. The van der Waals surface area contributed by atoms with Crippen LogP contribution in [0.2, 0.25) is 0 Å². The molecule has 0 heterocycles. The van der Waals surface area contributed by atoms with Gasteiger partial charge in [0.25, 0.3) is 0 Å². The van der Waals surface area contributed by atoms with Crippen LogP contribution in [0.5, 0.6) is 5.75 Å². The number of ether oxygens (including phenoxy) is 1. The molecule has 0 bridgehead atoms. The van der Waals surface area contributed by atoms with E-state index in [1.807, 2.05) is 0 Å². The van der Waals surface area contributed by atoms with Crippen LogP contribution in [-0.2, 0) is 0 Å². The smallest absolute Gasteiger partial charge is 0.426 e. The van der Waals surface area contributed by atoms with Crippen LogP contribution in [0.4, 0.5) is 22.0 Å². The Kier molecular flexibility index (Phi) is 3.93. The van der Waals surface area contributed by atoms with Crippen LogP contribution in [0.15, 0.2) is 24.3 Å². The predicted octanol–water partition coefficient (Wildman–Crippen LogP) is 3.63. The van der Waals surface area contributed by atoms with Crippen LogP contribution in [0, 0.1) is 6.92 Å². The summed E-state index contributed by atoms with van der Waals surface area (Å²) in [4.78, 5) is 11.1. The third-order valence-electron chi connectivity index (χ3n) is 1.98. The molecule has 0 aliphatic carbocycles. The van der Waals surface area contributed by atoms with Crippen molar-refractivity contribution >= 4 is 5.78 Å². The minimum absolute atomic E-state index is 0.0427. The molecule has 0 N–H and O–H groups in total. The number of carbonyl (C=O) groups is 1. The zero-order valence-electron chi connectivity index (χ0n) is 8.93. The number of carbonyl (C=O) groups excluding carboxylic acids is 1. The van der Waals surface area contributed by atoms with Crippen molar-refractivity contribution in [3.8, 4) is 5.75 Å². The van der Waals surface area contributed by atoms with Gasteiger partial charge >= 0.3 is 12.3 Å². The highest BCUT2D eigenvalue weighted by atomic mass is 19.4. The molecule has 1 radical (unpaired) electrons. The molecule has 1 rings (SSSR count). The number of rotatable bonds is 4. The number of hydrogen-bond acceptors (Lipinski definition) is 2. The van der Waals surface area contributed by atoms with Gasteiger partial charge in [-0.25, -0.2) is 0 Å². The topological polar surface area (TPSA) is 26.3 Å². The minimum Gasteiger partial charge on any atom is -0.426 e. The van der Waals surface area contributed by atoms with E-state index in [0.29, 0.717) is 0 Å². The summed E-state index contributed by atoms with van der Waals surface area (Å²) < 4.78 is 64.1. The normalized spacial score (nSPS) is 12.3. The van der Waals surface area contributed by atoms with Gasteiger partial charge in [0.05, 0.1) is 0 Å². The molecule has 1 aromatic carbocycles. The highest BCUT2D eigenvalue weighted by Crippen LogP contribution is 2.37. The molecule has 0 fully saturated rings. The molecule has 18 heavy (non-hydrogen) atoms. The van der Waals surface area contributed by atoms with Crippen molar-refractivity contribution in [2.45, 2.75) is 18.7 Å². The second-order valence-electron chi connectivity index (χ2n) is 3.31. The van der Waals surface area contributed by atoms with Crippen molar-refractivity contribution in [2.24, 2.45) is 0 Å². The third-order valence-corrected chi connectivity index (χ3v) is 1.98. The maximum Gasteiger partial charge on any atom is 0.499 e. The van der Waals surface area contributed by atoms with Gasteiger partial charge in [-0.05, 0) is 31.2 Å². The fraction of sp³-hybridized carbons (Fsp3) is 0.273. The first-order valence-electron chi connectivity index (χ1n) is 4.73. The fourth-order valence-electron chi connectivity index (χ4n) is 1.06. The van der Waals surface area contributed by atoms with E-state index in [1.165, 1.54) is 0 Å². The summed E-state index contributed by atoms with van der Waals surface area (Å²) in [5.74, 6) is -1.04. The van der Waals surface area contributed by atoms with Crippen LogP contribution >= 0.6 is 0 Å². The Morgan fingerprint density at radius 1 is 1.11 bits per heavy atom. The van der Waals surface area contributed by atoms with E-state index in [9.17, 15) is 26.7 Å². The largest absolute Gasteiger partial charge is 0.499 e. The van der Waals surface area contributed by atoms with Crippen molar-refractivity contribution in [3.05, 3.63) is 36.8 Å². The molecule has 0 saturated carbocycles. The molecule has 0 aliphatic heterocycles. The predicted molar refractivity (Wildman–Crippen MR) is 52.4 cm³/mol. The summed E-state index contributed by atoms with van der Waals surface area (Å²) >= 11 is 0. The third kappa shape index (κ3) is 3.18. The van der Waals surface area contributed by atoms with Crippen molar-refractivity contribution < 1.29 is 31.5 Å². The molecular formula is C11H8F5O2. The van der Waals surface area contributed by atoms with Crippen LogP contribution < -0.4 is 4.74 Å². The molecular weight excluding hydrogens is 259 g/mol. The summed E-state index contributed by atoms with van der Waals surface area (Å²) in [5, 5.41) is 0. The Morgan fingerprint density at radius 3 is 2.00 bits per heavy atom. The first kappa shape index (κ1) is 14.4. The second-order valence-corrected chi connectivity index (χ2v) is 3.31. The lowest BCUT2D eigenvalue weighted by Crippen LogP contribution is -2.41. The number of halogens is 5. The Bertz CT molecular complexity index is 422. The molecule has 2 nitrogen and oxygen atoms in total. The van der Waals surface area contributed by atoms with E-state index in [2.05, 4.69) is 11.7 Å². The molecule has 0 aliphatic rings. The van der Waals surface area contributed by atoms with E-state index < -0.39 is 18.0 Å². The van der Waals surface area contributed by atoms with Gasteiger partial charge < -0.3 is 4.74 Å². The van der Waals surface area contributed by atoms with E-state index in [0.717, 1.165) is 24.3 Å². The van der Waals surface area contributed by atoms with Gasteiger partial charge in [0.2, 0.25) is 0 Å². The van der Waals surface area contributed by atoms with Crippen LogP contribution in [-0.4, -0.2) is 18.1 Å². The van der Waals surface area contributed by atoms with Gasteiger partial charge in [-0.2, -0.15) is 22.0 Å². The summed E-state index contributed by atoms with van der Waals surface area (Å²) in [5.41, 5.74) is 0.160. The average Bonchev–Trinajstić information content (AvgIpc) is 2.27. The molecule has 0 unspecified atom stereocenters. The lowest BCUT2D eigenvalue weighted by Gasteiger charge is -2.20. The monoisotopic (exact) mass is 267 g/mol. The first-order valence-corrected chi connectivity index (χ1v) is 4.73. The average molecular weight is 267 g/mol. The van der Waals surface area contributed by atoms with E-state index in [-0.39, 0.29) is 17.8 Å². The quantitative estimate of drug-likeness (QED) is 0.615. The molecule has 0 amide bonds. The van der Waals surface area contributed by atoms with E-state index >= 15 is 0 Å². The molecule has 0 aromatic heterocycles. The lowest BCUT2D eigenvalue weighted by atomic mass is 10.1. The number of hydrogen-bond donors (Lipinski definition) is 0. The number of ketones is 1. The van der Waals surface area contributed by atoms with Gasteiger partial charge in [0, 0.05) is 12.0 Å². The maximum absolute atomic E-state index is 12.5. The summed E-state index contributed by atoms with van der Waals surface area (Å²) in [6.45, 7) is 3.33. The van der Waals surface area contributed by atoms with Crippen molar-refractivity contribution in [1.29, 1.82) is 0 Å². The molecule has 1 aromatic rings. The van der Waals surface area contributed by atoms with Crippen molar-refractivity contribution in [1.82, 2.24) is 0 Å². The Hall–Kier alpha value is -1.66. The van der Waals surface area contributed by atoms with Crippen molar-refractivity contribution in [3.63, 3.8) is 0 Å². The zero-order valence-corrected chi connectivity index (χ0v) is 8.93. The lowest BCUT2D eigenvalue weighted by molar-refractivity contribution is -0.360. The van der Waals surface area contributed by atoms with E-state index in [4.69, 9.17) is 0 Å². The highest BCUT2D eigenvalue weighted by molar-refractivity contribution is 5.96. The number of alkyl halides is 5. The van der Waals surface area contributed by atoms with Gasteiger partial charge in [-0.15, -0.1) is 0 Å². The highest BCUT2D eigenvalue weighted by Gasteiger charge is 2.61. The van der Waals surface area contributed by atoms with Crippen LogP contribution in [0.1, 0.15) is 16.8 Å². The molecule has 0 atom stereocenters. The minimum atomic E-state index is -5.80. The fourth-order valence-corrected chi connectivity index (χ4v) is 1.06. The zero-order chi connectivity index (χ0) is 14.0. The van der Waals surface area contributed by atoms with Gasteiger partial charge in [0.15, 0.2) is 5.78 Å². The van der Waals surface area contributed by atoms with Gasteiger partial charge in [-0.3, -0.25) is 4.79 Å². The number of Topliss-reactive ketones (excluding diaryl/α,β-unsaturated/α-hetero) is 1. The molecule has 0 spiro atoms. The Morgan fingerprint density at radius 2 is 1.61 bits per heavy atom. The standard InChI is InChI=1S/C11H8F5O2/c1-2-9(17)7-3-5-8(6-4-7)18-11(15,16)10(12,13)14/h3-6H,1-2H2. The SMILES string of the molecule is [CH2]CC(=O)c1ccc(OC(F)(F)C(F)(F)F)cc1. The molecule has 99 valence electrons. The van der Waals surface area contributed by atoms with Crippen LogP contribution in [0.3, 0.4) is 0 Å². The van der Waals surface area contributed by atoms with Gasteiger partial charge in [-0.1, -0.05) is 0 Å². The summed E-state index contributed by atoms with van der Waals surface area (Å²) in [6, 6.07) is 3.91. The number of benzene rings is 1. The van der Waals surface area contributed by atoms with Gasteiger partial charge in [0.1, 0.15) is 5.75 Å². The van der Waals surface area contributed by atoms with Crippen LogP contribution in [0.25, 0.3) is 0 Å². The molecule has 7 heteroatoms. The summed E-state index contributed by atoms with van der Waals surface area (Å²) in [7, 11) is 0. The Balaban J connectivity index is 2.85. The Labute approximate surface area is 99.4 Å².